The minimum Gasteiger partial charge on any atom is -0.287 e. The molecule has 1 saturated heterocycles. The van der Waals surface area contributed by atoms with Crippen LogP contribution in [0.2, 0.25) is 0 Å². The Morgan fingerprint density at radius 3 is 2.45 bits per heavy atom. The molecule has 6 heteroatoms. The van der Waals surface area contributed by atoms with Crippen molar-refractivity contribution in [3.8, 4) is 0 Å². The zero-order valence-electron chi connectivity index (χ0n) is 17.3. The summed E-state index contributed by atoms with van der Waals surface area (Å²) in [4.78, 5) is 12.2. The highest BCUT2D eigenvalue weighted by atomic mass is 19.4. The molecule has 1 aliphatic rings. The number of alkyl halides is 3. The van der Waals surface area contributed by atoms with E-state index in [-0.39, 0.29) is 18.0 Å². The number of unbranched alkanes of at least 4 members (excludes halogenated alkanes) is 3. The fourth-order valence-corrected chi connectivity index (χ4v) is 4.11. The zero-order chi connectivity index (χ0) is 21.2. The summed E-state index contributed by atoms with van der Waals surface area (Å²) in [6.07, 6.45) is 0.0605. The van der Waals surface area contributed by atoms with Gasteiger partial charge in [-0.3, -0.25) is 10.2 Å². The third-order valence-electron chi connectivity index (χ3n) is 5.70. The Balaban J connectivity index is 2.07. The number of hydrazine groups is 1. The van der Waals surface area contributed by atoms with Crippen LogP contribution in [-0.4, -0.2) is 23.6 Å². The molecule has 1 aliphatic heterocycles. The van der Waals surface area contributed by atoms with Crippen molar-refractivity contribution in [2.75, 3.05) is 6.54 Å². The van der Waals surface area contributed by atoms with Gasteiger partial charge in [0, 0.05) is 6.54 Å². The standard InChI is InChI=1S/C23H29F3N2O/c1-4-5-6-7-12-18-17-11-9-8-10-16(17)13-14-19(18)20(23(24,25)26)28-15-22(2,3)21(29)27-28/h8-11,13-14,20H,4-7,12,15H2,1-3H3,(H,27,29)/t20-/m0/s1. The van der Waals surface area contributed by atoms with Crippen LogP contribution in [0, 0.1) is 5.41 Å². The van der Waals surface area contributed by atoms with Gasteiger partial charge in [-0.1, -0.05) is 62.6 Å². The molecule has 0 bridgehead atoms. The predicted molar refractivity (Wildman–Crippen MR) is 109 cm³/mol. The molecule has 3 rings (SSSR count). The number of fused-ring (bicyclic) bond motifs is 1. The molecule has 0 aliphatic carbocycles. The number of nitrogens with zero attached hydrogens (tertiary/aromatic N) is 1. The maximum absolute atomic E-state index is 14.3. The van der Waals surface area contributed by atoms with E-state index in [0.29, 0.717) is 6.42 Å². The van der Waals surface area contributed by atoms with Crippen molar-refractivity contribution < 1.29 is 18.0 Å². The van der Waals surface area contributed by atoms with Crippen LogP contribution >= 0.6 is 0 Å². The Morgan fingerprint density at radius 1 is 1.10 bits per heavy atom. The molecule has 1 atom stereocenters. The first-order chi connectivity index (χ1) is 13.6. The highest BCUT2D eigenvalue weighted by molar-refractivity contribution is 5.87. The van der Waals surface area contributed by atoms with Crippen LogP contribution in [0.1, 0.15) is 63.6 Å². The maximum atomic E-state index is 14.3. The van der Waals surface area contributed by atoms with Gasteiger partial charge in [0.15, 0.2) is 0 Å². The van der Waals surface area contributed by atoms with Crippen LogP contribution in [0.4, 0.5) is 13.2 Å². The molecule has 1 N–H and O–H groups in total. The van der Waals surface area contributed by atoms with Crippen LogP contribution < -0.4 is 5.43 Å². The quantitative estimate of drug-likeness (QED) is 0.577. The summed E-state index contributed by atoms with van der Waals surface area (Å²) in [6.45, 7) is 5.46. The van der Waals surface area contributed by atoms with Crippen molar-refractivity contribution in [2.45, 2.75) is 65.1 Å². The summed E-state index contributed by atoms with van der Waals surface area (Å²) in [5.41, 5.74) is 2.59. The normalized spacial score (nSPS) is 18.2. The first kappa shape index (κ1) is 21.6. The number of carbonyl (C=O) groups is 1. The average Bonchev–Trinajstić information content (AvgIpc) is 2.91. The molecule has 1 heterocycles. The molecule has 1 amide bonds. The molecule has 0 radical (unpaired) electrons. The van der Waals surface area contributed by atoms with Crippen LogP contribution in [0.3, 0.4) is 0 Å². The maximum Gasteiger partial charge on any atom is 0.409 e. The van der Waals surface area contributed by atoms with E-state index in [2.05, 4.69) is 12.3 Å². The summed E-state index contributed by atoms with van der Waals surface area (Å²) in [5.74, 6) is -0.378. The topological polar surface area (TPSA) is 32.3 Å². The lowest BCUT2D eigenvalue weighted by Gasteiger charge is -2.32. The monoisotopic (exact) mass is 406 g/mol. The average molecular weight is 406 g/mol. The van der Waals surface area contributed by atoms with Gasteiger partial charge in [-0.2, -0.15) is 13.2 Å². The smallest absolute Gasteiger partial charge is 0.287 e. The number of hydrogen-bond donors (Lipinski definition) is 1. The lowest BCUT2D eigenvalue weighted by atomic mass is 9.89. The lowest BCUT2D eigenvalue weighted by Crippen LogP contribution is -2.44. The molecule has 0 spiro atoms. The molecule has 0 saturated carbocycles. The van der Waals surface area contributed by atoms with Gasteiger partial charge >= 0.3 is 6.18 Å². The molecule has 3 nitrogen and oxygen atoms in total. The second kappa shape index (κ2) is 8.34. The minimum atomic E-state index is -4.51. The number of amides is 1. The van der Waals surface area contributed by atoms with Crippen LogP contribution in [0.25, 0.3) is 10.8 Å². The number of benzene rings is 2. The first-order valence-corrected chi connectivity index (χ1v) is 10.3. The summed E-state index contributed by atoms with van der Waals surface area (Å²) in [7, 11) is 0. The molecule has 2 aromatic carbocycles. The lowest BCUT2D eigenvalue weighted by molar-refractivity contribution is -0.191. The highest BCUT2D eigenvalue weighted by Crippen LogP contribution is 2.43. The van der Waals surface area contributed by atoms with Gasteiger partial charge in [-0.05, 0) is 48.6 Å². The first-order valence-electron chi connectivity index (χ1n) is 10.3. The zero-order valence-corrected chi connectivity index (χ0v) is 17.3. The van der Waals surface area contributed by atoms with Gasteiger partial charge in [-0.15, -0.1) is 0 Å². The van der Waals surface area contributed by atoms with Gasteiger partial charge in [-0.25, -0.2) is 5.01 Å². The molecule has 0 aromatic heterocycles. The van der Waals surface area contributed by atoms with Gasteiger partial charge in [0.25, 0.3) is 0 Å². The van der Waals surface area contributed by atoms with Crippen molar-refractivity contribution in [1.29, 1.82) is 0 Å². The molecule has 1 fully saturated rings. The summed E-state index contributed by atoms with van der Waals surface area (Å²) < 4.78 is 42.8. The van der Waals surface area contributed by atoms with Crippen LogP contribution in [-0.2, 0) is 11.2 Å². The SMILES string of the molecule is CCCCCCc1c([C@H](N2CC(C)(C)C(=O)N2)C(F)(F)F)ccc2ccccc12. The third kappa shape index (κ3) is 4.58. The van der Waals surface area contributed by atoms with E-state index in [1.54, 1.807) is 26.0 Å². The predicted octanol–water partition coefficient (Wildman–Crippen LogP) is 5.94. The molecule has 158 valence electrons. The third-order valence-corrected chi connectivity index (χ3v) is 5.70. The van der Waals surface area contributed by atoms with Gasteiger partial charge < -0.3 is 0 Å². The number of hydrogen-bond acceptors (Lipinski definition) is 2. The van der Waals surface area contributed by atoms with Crippen molar-refractivity contribution in [2.24, 2.45) is 5.41 Å². The van der Waals surface area contributed by atoms with Crippen molar-refractivity contribution in [3.05, 3.63) is 47.5 Å². The second-order valence-corrected chi connectivity index (χ2v) is 8.56. The summed E-state index contributed by atoms with van der Waals surface area (Å²) in [6, 6.07) is 9.07. The number of aryl methyl sites for hydroxylation is 1. The molecular formula is C23H29F3N2O. The fraction of sp³-hybridized carbons (Fsp3) is 0.522. The number of carbonyl (C=O) groups excluding carboxylic acids is 1. The number of nitrogens with one attached hydrogen (secondary N) is 1. The van der Waals surface area contributed by atoms with Crippen molar-refractivity contribution >= 4 is 16.7 Å². The van der Waals surface area contributed by atoms with E-state index in [1.165, 1.54) is 0 Å². The largest absolute Gasteiger partial charge is 0.409 e. The summed E-state index contributed by atoms with van der Waals surface area (Å²) >= 11 is 0. The van der Waals surface area contributed by atoms with E-state index in [1.807, 2.05) is 24.3 Å². The Morgan fingerprint density at radius 2 is 1.83 bits per heavy atom. The Bertz CT molecular complexity index is 876. The summed E-state index contributed by atoms with van der Waals surface area (Å²) in [5, 5.41) is 2.87. The van der Waals surface area contributed by atoms with E-state index < -0.39 is 17.6 Å². The van der Waals surface area contributed by atoms with Gasteiger partial charge in [0.2, 0.25) is 5.91 Å². The Kier molecular flexibility index (Phi) is 6.22. The highest BCUT2D eigenvalue weighted by Gasteiger charge is 2.51. The molecule has 0 unspecified atom stereocenters. The Labute approximate surface area is 170 Å². The Hall–Kier alpha value is -2.08. The molecular weight excluding hydrogens is 377 g/mol. The van der Waals surface area contributed by atoms with Gasteiger partial charge in [0.1, 0.15) is 6.04 Å². The fourth-order valence-electron chi connectivity index (χ4n) is 4.11. The van der Waals surface area contributed by atoms with E-state index in [4.69, 9.17) is 0 Å². The van der Waals surface area contributed by atoms with Crippen molar-refractivity contribution in [3.63, 3.8) is 0 Å². The van der Waals surface area contributed by atoms with E-state index in [0.717, 1.165) is 47.0 Å². The van der Waals surface area contributed by atoms with Crippen molar-refractivity contribution in [1.82, 2.24) is 10.4 Å². The number of halogens is 3. The van der Waals surface area contributed by atoms with E-state index >= 15 is 0 Å². The van der Waals surface area contributed by atoms with Crippen LogP contribution in [0.15, 0.2) is 36.4 Å². The second-order valence-electron chi connectivity index (χ2n) is 8.56. The number of rotatable bonds is 7. The van der Waals surface area contributed by atoms with Gasteiger partial charge in [0.05, 0.1) is 5.41 Å². The molecule has 29 heavy (non-hydrogen) atoms. The minimum absolute atomic E-state index is 0.0120. The van der Waals surface area contributed by atoms with Crippen LogP contribution in [0.5, 0.6) is 0 Å². The molecule has 2 aromatic rings. The van der Waals surface area contributed by atoms with E-state index in [9.17, 15) is 18.0 Å².